The molecule has 2 rings (SSSR count). The summed E-state index contributed by atoms with van der Waals surface area (Å²) in [6, 6.07) is 9.63. The van der Waals surface area contributed by atoms with Gasteiger partial charge in [-0.3, -0.25) is 4.79 Å². The zero-order valence-electron chi connectivity index (χ0n) is 10.1. The Bertz CT molecular complexity index is 421. The van der Waals surface area contributed by atoms with Crippen LogP contribution in [0.15, 0.2) is 35.5 Å². The number of nitrogens with one attached hydrogen (secondary N) is 1. The smallest absolute Gasteiger partial charge is 0.234 e. The van der Waals surface area contributed by atoms with Crippen LogP contribution >= 0.6 is 0 Å². The number of piperidine rings is 1. The van der Waals surface area contributed by atoms with Crippen LogP contribution in [0.5, 0.6) is 0 Å². The van der Waals surface area contributed by atoms with Crippen LogP contribution in [0.4, 0.5) is 0 Å². The van der Waals surface area contributed by atoms with Gasteiger partial charge in [-0.2, -0.15) is 0 Å². The van der Waals surface area contributed by atoms with E-state index in [9.17, 15) is 4.79 Å². The van der Waals surface area contributed by atoms with Crippen LogP contribution in [0.25, 0.3) is 0 Å². The van der Waals surface area contributed by atoms with Crippen molar-refractivity contribution in [2.75, 3.05) is 6.54 Å². The zero-order valence-corrected chi connectivity index (χ0v) is 10.1. The molecule has 5 nitrogen and oxygen atoms in total. The minimum absolute atomic E-state index is 0.238. The van der Waals surface area contributed by atoms with Crippen molar-refractivity contribution in [3.63, 3.8) is 0 Å². The molecule has 18 heavy (non-hydrogen) atoms. The molecule has 96 valence electrons. The van der Waals surface area contributed by atoms with Gasteiger partial charge >= 0.3 is 0 Å². The monoisotopic (exact) mass is 247 g/mol. The first-order valence-electron chi connectivity index (χ1n) is 6.00. The minimum Gasteiger partial charge on any atom is -0.391 e. The van der Waals surface area contributed by atoms with Crippen molar-refractivity contribution < 1.29 is 9.63 Å². The highest BCUT2D eigenvalue weighted by Gasteiger charge is 2.21. The maximum absolute atomic E-state index is 10.9. The summed E-state index contributed by atoms with van der Waals surface area (Å²) >= 11 is 0. The van der Waals surface area contributed by atoms with Gasteiger partial charge in [0.2, 0.25) is 5.91 Å². The topological polar surface area (TPSA) is 76.7 Å². The quantitative estimate of drug-likeness (QED) is 0.772. The highest BCUT2D eigenvalue weighted by Crippen LogP contribution is 2.07. The van der Waals surface area contributed by atoms with Crippen LogP contribution in [0.3, 0.4) is 0 Å². The van der Waals surface area contributed by atoms with E-state index in [1.54, 1.807) is 0 Å². The summed E-state index contributed by atoms with van der Waals surface area (Å²) in [7, 11) is 0. The Kier molecular flexibility index (Phi) is 4.30. The largest absolute Gasteiger partial charge is 0.391 e. The molecule has 0 radical (unpaired) electrons. The Hall–Kier alpha value is -1.88. The first kappa shape index (κ1) is 12.6. The maximum atomic E-state index is 10.9. The normalized spacial score (nSPS) is 21.8. The summed E-state index contributed by atoms with van der Waals surface area (Å²) in [5, 5.41) is 7.11. The van der Waals surface area contributed by atoms with E-state index in [2.05, 4.69) is 10.5 Å². The number of benzene rings is 1. The average molecular weight is 247 g/mol. The second-order valence-corrected chi connectivity index (χ2v) is 4.29. The molecule has 1 saturated heterocycles. The fraction of sp³-hybridized carbons (Fsp3) is 0.385. The molecule has 1 aromatic rings. The second-order valence-electron chi connectivity index (χ2n) is 4.29. The maximum Gasteiger partial charge on any atom is 0.234 e. The lowest BCUT2D eigenvalue weighted by Crippen LogP contribution is -2.47. The van der Waals surface area contributed by atoms with E-state index in [1.165, 1.54) is 0 Å². The number of nitrogens with zero attached hydrogens (tertiary/aromatic N) is 1. The van der Waals surface area contributed by atoms with Crippen molar-refractivity contribution in [1.82, 2.24) is 5.32 Å². The van der Waals surface area contributed by atoms with Gasteiger partial charge in [0.25, 0.3) is 0 Å². The Morgan fingerprint density at radius 2 is 2.22 bits per heavy atom. The molecule has 0 aromatic heterocycles. The lowest BCUT2D eigenvalue weighted by Gasteiger charge is -2.21. The molecule has 0 unspecified atom stereocenters. The molecular formula is C13H17N3O2. The molecule has 5 heteroatoms. The first-order chi connectivity index (χ1) is 8.75. The third kappa shape index (κ3) is 3.56. The Morgan fingerprint density at radius 1 is 1.44 bits per heavy atom. The number of nitrogens with two attached hydrogens (primary N) is 1. The van der Waals surface area contributed by atoms with Crippen LogP contribution < -0.4 is 11.1 Å². The predicted molar refractivity (Wildman–Crippen MR) is 68.9 cm³/mol. The van der Waals surface area contributed by atoms with Crippen molar-refractivity contribution in [3.8, 4) is 0 Å². The van der Waals surface area contributed by atoms with E-state index in [1.807, 2.05) is 30.3 Å². The number of amides is 1. The first-order valence-corrected chi connectivity index (χ1v) is 6.00. The molecular weight excluding hydrogens is 230 g/mol. The fourth-order valence-corrected chi connectivity index (χ4v) is 1.84. The van der Waals surface area contributed by atoms with Crippen LogP contribution in [-0.4, -0.2) is 24.2 Å². The van der Waals surface area contributed by atoms with E-state index in [4.69, 9.17) is 10.6 Å². The minimum atomic E-state index is -0.306. The van der Waals surface area contributed by atoms with Crippen LogP contribution in [-0.2, 0) is 16.2 Å². The van der Waals surface area contributed by atoms with Crippen molar-refractivity contribution in [2.24, 2.45) is 10.9 Å². The van der Waals surface area contributed by atoms with E-state index >= 15 is 0 Å². The van der Waals surface area contributed by atoms with Gasteiger partial charge in [-0.25, -0.2) is 0 Å². The van der Waals surface area contributed by atoms with Gasteiger partial charge < -0.3 is 15.9 Å². The summed E-state index contributed by atoms with van der Waals surface area (Å²) in [6.45, 7) is 1.02. The Balaban J connectivity index is 1.76. The number of primary amides is 1. The van der Waals surface area contributed by atoms with Crippen molar-refractivity contribution in [1.29, 1.82) is 0 Å². The molecule has 3 N–H and O–H groups in total. The van der Waals surface area contributed by atoms with Gasteiger partial charge in [0.1, 0.15) is 6.61 Å². The summed E-state index contributed by atoms with van der Waals surface area (Å²) in [4.78, 5) is 16.2. The van der Waals surface area contributed by atoms with Gasteiger partial charge in [0.15, 0.2) is 0 Å². The molecule has 1 heterocycles. The molecule has 0 saturated carbocycles. The highest BCUT2D eigenvalue weighted by molar-refractivity contribution is 5.89. The van der Waals surface area contributed by atoms with Crippen molar-refractivity contribution >= 4 is 11.6 Å². The van der Waals surface area contributed by atoms with Crippen molar-refractivity contribution in [2.45, 2.75) is 25.5 Å². The molecule has 0 spiro atoms. The second kappa shape index (κ2) is 6.16. The summed E-state index contributed by atoms with van der Waals surface area (Å²) in [6.07, 6.45) is 1.43. The number of carbonyl (C=O) groups is 1. The zero-order chi connectivity index (χ0) is 12.8. The standard InChI is InChI=1S/C13H17N3O2/c14-13(17)12-7-6-11(8-15-12)16-18-9-10-4-2-1-3-5-10/h1-5,12,15H,6-9H2,(H2,14,17)/t12-/m0/s1. The van der Waals surface area contributed by atoms with Gasteiger partial charge in [0, 0.05) is 6.54 Å². The molecule has 0 aliphatic carbocycles. The van der Waals surface area contributed by atoms with Gasteiger partial charge in [0.05, 0.1) is 11.8 Å². The number of hydrogen-bond donors (Lipinski definition) is 2. The van der Waals surface area contributed by atoms with Gasteiger partial charge in [-0.15, -0.1) is 0 Å². The van der Waals surface area contributed by atoms with Crippen molar-refractivity contribution in [3.05, 3.63) is 35.9 Å². The predicted octanol–water partition coefficient (Wildman–Crippen LogP) is 0.796. The Morgan fingerprint density at radius 3 is 2.83 bits per heavy atom. The summed E-state index contributed by atoms with van der Waals surface area (Å²) in [5.74, 6) is -0.306. The molecule has 1 aliphatic heterocycles. The van der Waals surface area contributed by atoms with Crippen LogP contribution in [0, 0.1) is 0 Å². The van der Waals surface area contributed by atoms with E-state index in [0.717, 1.165) is 17.7 Å². The molecule has 1 aliphatic rings. The summed E-state index contributed by atoms with van der Waals surface area (Å²) in [5.41, 5.74) is 7.22. The molecule has 1 fully saturated rings. The SMILES string of the molecule is NC(=O)[C@@H]1CCC(=NOCc2ccccc2)CN1. The van der Waals surface area contributed by atoms with Crippen LogP contribution in [0.1, 0.15) is 18.4 Å². The molecule has 1 amide bonds. The van der Waals surface area contributed by atoms with Crippen LogP contribution in [0.2, 0.25) is 0 Å². The van der Waals surface area contributed by atoms with E-state index in [-0.39, 0.29) is 11.9 Å². The highest BCUT2D eigenvalue weighted by atomic mass is 16.6. The average Bonchev–Trinajstić information content (AvgIpc) is 2.40. The van der Waals surface area contributed by atoms with E-state index in [0.29, 0.717) is 19.6 Å². The van der Waals surface area contributed by atoms with E-state index < -0.39 is 0 Å². The number of hydrogen-bond acceptors (Lipinski definition) is 4. The molecule has 1 aromatic carbocycles. The fourth-order valence-electron chi connectivity index (χ4n) is 1.84. The lowest BCUT2D eigenvalue weighted by atomic mass is 10.0. The number of carbonyl (C=O) groups excluding carboxylic acids is 1. The third-order valence-electron chi connectivity index (χ3n) is 2.89. The Labute approximate surface area is 106 Å². The molecule has 1 atom stereocenters. The number of oxime groups is 1. The molecule has 0 bridgehead atoms. The van der Waals surface area contributed by atoms with Gasteiger partial charge in [-0.05, 0) is 18.4 Å². The third-order valence-corrected chi connectivity index (χ3v) is 2.89. The lowest BCUT2D eigenvalue weighted by molar-refractivity contribution is -0.120. The van der Waals surface area contributed by atoms with Gasteiger partial charge in [-0.1, -0.05) is 35.5 Å². The summed E-state index contributed by atoms with van der Waals surface area (Å²) < 4.78 is 0. The number of rotatable bonds is 4.